The Labute approximate surface area is 72.8 Å². The Bertz CT molecular complexity index is 232. The summed E-state index contributed by atoms with van der Waals surface area (Å²) in [6.07, 6.45) is 4.04. The number of rotatable bonds is 1. The van der Waals surface area contributed by atoms with Crippen molar-refractivity contribution in [3.05, 3.63) is 17.7 Å². The minimum Gasteiger partial charge on any atom is -0.348 e. The smallest absolute Gasteiger partial charge is 0.0925 e. The van der Waals surface area contributed by atoms with E-state index in [0.29, 0.717) is 0 Å². The molecule has 0 fully saturated rings. The van der Waals surface area contributed by atoms with Gasteiger partial charge >= 0.3 is 0 Å². The lowest BCUT2D eigenvalue weighted by molar-refractivity contribution is 0.302. The van der Waals surface area contributed by atoms with Crippen LogP contribution >= 0.6 is 0 Å². The van der Waals surface area contributed by atoms with Crippen molar-refractivity contribution in [2.75, 3.05) is 19.6 Å². The Morgan fingerprint density at radius 3 is 3.17 bits per heavy atom. The molecule has 1 aromatic heterocycles. The van der Waals surface area contributed by atoms with E-state index in [1.54, 1.807) is 0 Å². The Morgan fingerprint density at radius 2 is 2.33 bits per heavy atom. The van der Waals surface area contributed by atoms with Crippen molar-refractivity contribution < 1.29 is 0 Å². The third-order valence-corrected chi connectivity index (χ3v) is 2.60. The quantitative estimate of drug-likeness (QED) is 0.668. The van der Waals surface area contributed by atoms with Crippen LogP contribution in [0.5, 0.6) is 0 Å². The number of aromatic amines is 1. The molecule has 1 aliphatic heterocycles. The van der Waals surface area contributed by atoms with Crippen molar-refractivity contribution in [1.29, 1.82) is 0 Å². The Morgan fingerprint density at radius 1 is 1.50 bits per heavy atom. The van der Waals surface area contributed by atoms with Crippen molar-refractivity contribution in [3.8, 4) is 0 Å². The first-order valence-corrected chi connectivity index (χ1v) is 4.63. The van der Waals surface area contributed by atoms with Gasteiger partial charge in [0, 0.05) is 31.6 Å². The molecule has 1 aromatic rings. The molecule has 66 valence electrons. The van der Waals surface area contributed by atoms with E-state index in [-0.39, 0.29) is 0 Å². The summed E-state index contributed by atoms with van der Waals surface area (Å²) in [4.78, 5) is 9.98. The standard InChI is InChI=1S/C9H15N3/c1-2-12-5-3-8-9(4-6-12)11-7-10-8/h7H,2-6H2,1H3,(H,10,11). The second-order valence-electron chi connectivity index (χ2n) is 3.26. The number of hydrogen-bond donors (Lipinski definition) is 1. The molecular formula is C9H15N3. The molecule has 0 atom stereocenters. The Hall–Kier alpha value is -0.830. The first kappa shape index (κ1) is 7.80. The number of likely N-dealkylation sites (N-methyl/N-ethyl adjacent to an activating group) is 1. The van der Waals surface area contributed by atoms with Gasteiger partial charge in [-0.1, -0.05) is 6.92 Å². The summed E-state index contributed by atoms with van der Waals surface area (Å²) < 4.78 is 0. The van der Waals surface area contributed by atoms with Crippen LogP contribution in [0.4, 0.5) is 0 Å². The van der Waals surface area contributed by atoms with Gasteiger partial charge in [-0.25, -0.2) is 4.98 Å². The number of aromatic nitrogens is 2. The zero-order valence-electron chi connectivity index (χ0n) is 7.51. The first-order chi connectivity index (χ1) is 5.90. The van der Waals surface area contributed by atoms with Crippen LogP contribution < -0.4 is 0 Å². The highest BCUT2D eigenvalue weighted by Crippen LogP contribution is 2.10. The highest BCUT2D eigenvalue weighted by atomic mass is 15.1. The van der Waals surface area contributed by atoms with Crippen LogP contribution in [-0.4, -0.2) is 34.5 Å². The van der Waals surface area contributed by atoms with Gasteiger partial charge in [0.2, 0.25) is 0 Å². The number of nitrogens with zero attached hydrogens (tertiary/aromatic N) is 2. The molecule has 3 heteroatoms. The SMILES string of the molecule is CCN1CCc2nc[nH]c2CC1. The normalized spacial score (nSPS) is 18.8. The molecular weight excluding hydrogens is 150 g/mol. The fourth-order valence-corrected chi connectivity index (χ4v) is 1.74. The van der Waals surface area contributed by atoms with E-state index in [0.717, 1.165) is 25.9 Å². The van der Waals surface area contributed by atoms with Gasteiger partial charge in [-0.05, 0) is 6.54 Å². The third-order valence-electron chi connectivity index (χ3n) is 2.60. The van der Waals surface area contributed by atoms with E-state index in [4.69, 9.17) is 0 Å². The highest BCUT2D eigenvalue weighted by molar-refractivity contribution is 5.13. The molecule has 0 bridgehead atoms. The molecule has 2 heterocycles. The predicted molar refractivity (Wildman–Crippen MR) is 48.1 cm³/mol. The Kier molecular flexibility index (Phi) is 2.13. The van der Waals surface area contributed by atoms with E-state index in [1.165, 1.54) is 17.9 Å². The van der Waals surface area contributed by atoms with E-state index in [9.17, 15) is 0 Å². The number of imidazole rings is 1. The lowest BCUT2D eigenvalue weighted by atomic mass is 10.2. The zero-order valence-corrected chi connectivity index (χ0v) is 7.51. The molecule has 0 unspecified atom stereocenters. The van der Waals surface area contributed by atoms with Crippen molar-refractivity contribution in [1.82, 2.24) is 14.9 Å². The molecule has 3 nitrogen and oxygen atoms in total. The predicted octanol–water partition coefficient (Wildman–Crippen LogP) is 0.830. The van der Waals surface area contributed by atoms with Crippen molar-refractivity contribution in [3.63, 3.8) is 0 Å². The average Bonchev–Trinajstić information content (AvgIpc) is 2.46. The largest absolute Gasteiger partial charge is 0.348 e. The van der Waals surface area contributed by atoms with Crippen LogP contribution in [-0.2, 0) is 12.8 Å². The topological polar surface area (TPSA) is 31.9 Å². The van der Waals surface area contributed by atoms with Gasteiger partial charge in [0.05, 0.1) is 12.0 Å². The molecule has 1 aliphatic rings. The van der Waals surface area contributed by atoms with Gasteiger partial charge in [0.1, 0.15) is 0 Å². The van der Waals surface area contributed by atoms with Crippen molar-refractivity contribution >= 4 is 0 Å². The lowest BCUT2D eigenvalue weighted by Crippen LogP contribution is -2.25. The van der Waals surface area contributed by atoms with Crippen molar-refractivity contribution in [2.24, 2.45) is 0 Å². The molecule has 0 saturated heterocycles. The molecule has 12 heavy (non-hydrogen) atoms. The number of H-pyrrole nitrogens is 1. The zero-order chi connectivity index (χ0) is 8.39. The van der Waals surface area contributed by atoms with Crippen LogP contribution in [0.1, 0.15) is 18.3 Å². The molecule has 1 N–H and O–H groups in total. The summed E-state index contributed by atoms with van der Waals surface area (Å²) >= 11 is 0. The summed E-state index contributed by atoms with van der Waals surface area (Å²) in [7, 11) is 0. The fraction of sp³-hybridized carbons (Fsp3) is 0.667. The van der Waals surface area contributed by atoms with Crippen LogP contribution in [0.3, 0.4) is 0 Å². The molecule has 0 saturated carbocycles. The van der Waals surface area contributed by atoms with Crippen LogP contribution in [0.2, 0.25) is 0 Å². The summed E-state index contributed by atoms with van der Waals surface area (Å²) in [5.74, 6) is 0. The molecule has 0 aliphatic carbocycles. The summed E-state index contributed by atoms with van der Waals surface area (Å²) in [6, 6.07) is 0. The summed E-state index contributed by atoms with van der Waals surface area (Å²) in [5, 5.41) is 0. The Balaban J connectivity index is 2.10. The average molecular weight is 165 g/mol. The molecule has 0 aromatic carbocycles. The molecule has 0 amide bonds. The van der Waals surface area contributed by atoms with Gasteiger partial charge in [-0.15, -0.1) is 0 Å². The van der Waals surface area contributed by atoms with Crippen molar-refractivity contribution in [2.45, 2.75) is 19.8 Å². The summed E-state index contributed by atoms with van der Waals surface area (Å²) in [6.45, 7) is 5.71. The summed E-state index contributed by atoms with van der Waals surface area (Å²) in [5.41, 5.74) is 2.61. The van der Waals surface area contributed by atoms with E-state index in [1.807, 2.05) is 6.33 Å². The van der Waals surface area contributed by atoms with E-state index >= 15 is 0 Å². The fourth-order valence-electron chi connectivity index (χ4n) is 1.74. The maximum absolute atomic E-state index is 4.30. The lowest BCUT2D eigenvalue weighted by Gasteiger charge is -2.16. The molecule has 0 spiro atoms. The van der Waals surface area contributed by atoms with Gasteiger partial charge in [-0.3, -0.25) is 0 Å². The van der Waals surface area contributed by atoms with Gasteiger partial charge < -0.3 is 9.88 Å². The van der Waals surface area contributed by atoms with Gasteiger partial charge in [0.15, 0.2) is 0 Å². The number of hydrogen-bond acceptors (Lipinski definition) is 2. The number of nitrogens with one attached hydrogen (secondary N) is 1. The van der Waals surface area contributed by atoms with Crippen LogP contribution in [0, 0.1) is 0 Å². The van der Waals surface area contributed by atoms with Gasteiger partial charge in [0.25, 0.3) is 0 Å². The maximum atomic E-state index is 4.30. The van der Waals surface area contributed by atoms with Crippen LogP contribution in [0.25, 0.3) is 0 Å². The number of fused-ring (bicyclic) bond motifs is 1. The minimum atomic E-state index is 1.10. The maximum Gasteiger partial charge on any atom is 0.0925 e. The second kappa shape index (κ2) is 3.27. The van der Waals surface area contributed by atoms with E-state index in [2.05, 4.69) is 21.8 Å². The van der Waals surface area contributed by atoms with Crippen LogP contribution in [0.15, 0.2) is 6.33 Å². The first-order valence-electron chi connectivity index (χ1n) is 4.63. The van der Waals surface area contributed by atoms with Gasteiger partial charge in [-0.2, -0.15) is 0 Å². The molecule has 0 radical (unpaired) electrons. The third kappa shape index (κ3) is 1.37. The second-order valence-corrected chi connectivity index (χ2v) is 3.26. The molecule has 2 rings (SSSR count). The monoisotopic (exact) mass is 165 g/mol. The highest BCUT2D eigenvalue weighted by Gasteiger charge is 2.13. The minimum absolute atomic E-state index is 1.10. The van der Waals surface area contributed by atoms with E-state index < -0.39 is 0 Å².